The number of carbonyl (C=O) groups is 1. The van der Waals surface area contributed by atoms with E-state index in [-0.39, 0.29) is 24.1 Å². The monoisotopic (exact) mass is 372 g/mol. The van der Waals surface area contributed by atoms with Gasteiger partial charge in [0.25, 0.3) is 0 Å². The molecule has 0 spiro atoms. The minimum absolute atomic E-state index is 0.0665. The summed E-state index contributed by atoms with van der Waals surface area (Å²) in [6.07, 6.45) is 5.35. The van der Waals surface area contributed by atoms with Crippen LogP contribution in [0.5, 0.6) is 11.5 Å². The van der Waals surface area contributed by atoms with Crippen LogP contribution in [0.3, 0.4) is 0 Å². The molecular weight excluding hydrogens is 340 g/mol. The van der Waals surface area contributed by atoms with Crippen molar-refractivity contribution in [1.29, 1.82) is 0 Å². The summed E-state index contributed by atoms with van der Waals surface area (Å²) in [7, 11) is 1.98. The number of likely N-dealkylation sites (N-methyl/N-ethyl adjacent to an activating group) is 1. The summed E-state index contributed by atoms with van der Waals surface area (Å²) in [5.41, 5.74) is 0. The van der Waals surface area contributed by atoms with E-state index in [1.165, 1.54) is 25.7 Å². The maximum Gasteiger partial charge on any atom is 0.237 e. The normalized spacial score (nSPS) is 31.0. The number of nitrogens with one attached hydrogen (secondary N) is 1. The van der Waals surface area contributed by atoms with E-state index < -0.39 is 0 Å². The molecule has 1 amide bonds. The van der Waals surface area contributed by atoms with E-state index in [9.17, 15) is 4.79 Å². The summed E-state index contributed by atoms with van der Waals surface area (Å²) in [6.45, 7) is 5.33. The first-order valence-electron chi connectivity index (χ1n) is 10.4. The van der Waals surface area contributed by atoms with Crippen molar-refractivity contribution in [2.24, 2.45) is 17.8 Å². The molecule has 2 aliphatic carbocycles. The molecule has 5 heteroatoms. The van der Waals surface area contributed by atoms with E-state index in [0.717, 1.165) is 23.3 Å². The van der Waals surface area contributed by atoms with Crippen LogP contribution < -0.4 is 14.8 Å². The Hall–Kier alpha value is -1.75. The Balaban J connectivity index is 1.27. The lowest BCUT2D eigenvalue weighted by Gasteiger charge is -2.33. The van der Waals surface area contributed by atoms with Gasteiger partial charge in [0.1, 0.15) is 12.7 Å². The van der Waals surface area contributed by atoms with E-state index in [1.54, 1.807) is 0 Å². The summed E-state index contributed by atoms with van der Waals surface area (Å²) >= 11 is 0. The lowest BCUT2D eigenvalue weighted by molar-refractivity contribution is -0.127. The highest BCUT2D eigenvalue weighted by Crippen LogP contribution is 2.49. The molecule has 2 bridgehead atoms. The van der Waals surface area contributed by atoms with Crippen molar-refractivity contribution in [2.75, 3.05) is 20.2 Å². The van der Waals surface area contributed by atoms with Crippen molar-refractivity contribution in [2.45, 2.75) is 57.7 Å². The first-order valence-corrected chi connectivity index (χ1v) is 10.4. The van der Waals surface area contributed by atoms with Crippen LogP contribution in [0.2, 0.25) is 0 Å². The first kappa shape index (κ1) is 18.6. The van der Waals surface area contributed by atoms with Crippen LogP contribution in [0.15, 0.2) is 24.3 Å². The van der Waals surface area contributed by atoms with Crippen molar-refractivity contribution < 1.29 is 14.3 Å². The molecule has 1 aromatic carbocycles. The molecule has 1 aromatic rings. The van der Waals surface area contributed by atoms with E-state index in [4.69, 9.17) is 9.47 Å². The average molecular weight is 373 g/mol. The number of hydrogen-bond acceptors (Lipinski definition) is 4. The maximum absolute atomic E-state index is 12.8. The molecule has 1 aliphatic heterocycles. The first-order chi connectivity index (χ1) is 13.0. The zero-order valence-electron chi connectivity index (χ0n) is 16.7. The predicted molar refractivity (Wildman–Crippen MR) is 105 cm³/mol. The summed E-state index contributed by atoms with van der Waals surface area (Å²) in [5.74, 6) is 4.09. The van der Waals surface area contributed by atoms with Crippen LogP contribution in [-0.4, -0.2) is 49.2 Å². The van der Waals surface area contributed by atoms with Crippen molar-refractivity contribution in [3.63, 3.8) is 0 Å². The highest BCUT2D eigenvalue weighted by atomic mass is 16.6. The quantitative estimate of drug-likeness (QED) is 0.834. The zero-order chi connectivity index (χ0) is 19.0. The molecule has 0 radical (unpaired) electrons. The smallest absolute Gasteiger partial charge is 0.237 e. The van der Waals surface area contributed by atoms with Crippen molar-refractivity contribution in [1.82, 2.24) is 10.2 Å². The van der Waals surface area contributed by atoms with Gasteiger partial charge in [0, 0.05) is 12.6 Å². The number of nitrogens with zero attached hydrogens (tertiary/aromatic N) is 1. The van der Waals surface area contributed by atoms with Gasteiger partial charge in [0.15, 0.2) is 11.5 Å². The van der Waals surface area contributed by atoms with Gasteiger partial charge in [0.05, 0.1) is 6.04 Å². The van der Waals surface area contributed by atoms with E-state index in [1.807, 2.05) is 38.2 Å². The van der Waals surface area contributed by atoms with Crippen LogP contribution in [0.4, 0.5) is 0 Å². The Morgan fingerprint density at radius 2 is 2.00 bits per heavy atom. The second-order valence-electron chi connectivity index (χ2n) is 8.75. The largest absolute Gasteiger partial charge is 0.486 e. The summed E-state index contributed by atoms with van der Waals surface area (Å²) < 4.78 is 11.8. The minimum atomic E-state index is -0.188. The van der Waals surface area contributed by atoms with Gasteiger partial charge < -0.3 is 14.8 Å². The third-order valence-electron chi connectivity index (χ3n) is 6.90. The van der Waals surface area contributed by atoms with Gasteiger partial charge in [0.2, 0.25) is 5.91 Å². The van der Waals surface area contributed by atoms with Crippen molar-refractivity contribution in [3.8, 4) is 11.5 Å². The Kier molecular flexibility index (Phi) is 5.31. The lowest BCUT2D eigenvalue weighted by Crippen LogP contribution is -2.51. The minimum Gasteiger partial charge on any atom is -0.486 e. The zero-order valence-corrected chi connectivity index (χ0v) is 16.7. The van der Waals surface area contributed by atoms with Crippen LogP contribution >= 0.6 is 0 Å². The van der Waals surface area contributed by atoms with Gasteiger partial charge in [-0.05, 0) is 70.0 Å². The average Bonchev–Trinajstić information content (AvgIpc) is 3.30. The molecule has 0 saturated heterocycles. The van der Waals surface area contributed by atoms with Crippen LogP contribution in [0.1, 0.15) is 39.5 Å². The second-order valence-corrected chi connectivity index (χ2v) is 8.75. The summed E-state index contributed by atoms with van der Waals surface area (Å²) in [5, 5.41) is 3.29. The fourth-order valence-electron chi connectivity index (χ4n) is 5.19. The molecule has 3 aliphatic rings. The lowest BCUT2D eigenvalue weighted by atomic mass is 9.84. The molecule has 148 valence electrons. The van der Waals surface area contributed by atoms with Crippen molar-refractivity contribution in [3.05, 3.63) is 24.3 Å². The van der Waals surface area contributed by atoms with E-state index >= 15 is 0 Å². The van der Waals surface area contributed by atoms with E-state index in [0.29, 0.717) is 19.1 Å². The molecule has 5 nitrogen and oxygen atoms in total. The number of fused-ring (bicyclic) bond motifs is 3. The van der Waals surface area contributed by atoms with Gasteiger partial charge in [-0.1, -0.05) is 18.6 Å². The van der Waals surface area contributed by atoms with Crippen LogP contribution in [0.25, 0.3) is 0 Å². The molecule has 6 unspecified atom stereocenters. The number of benzene rings is 1. The fourth-order valence-corrected chi connectivity index (χ4v) is 5.19. The number of rotatable bonds is 6. The molecule has 4 rings (SSSR count). The third kappa shape index (κ3) is 3.93. The summed E-state index contributed by atoms with van der Waals surface area (Å²) in [4.78, 5) is 14.8. The predicted octanol–water partition coefficient (Wildman–Crippen LogP) is 3.09. The number of para-hydroxylation sites is 2. The molecule has 1 N–H and O–H groups in total. The van der Waals surface area contributed by atoms with Gasteiger partial charge in [-0.15, -0.1) is 0 Å². The fraction of sp³-hybridized carbons (Fsp3) is 0.682. The number of hydrogen-bond donors (Lipinski definition) is 1. The molecule has 6 atom stereocenters. The van der Waals surface area contributed by atoms with Gasteiger partial charge >= 0.3 is 0 Å². The molecule has 2 fully saturated rings. The molecule has 2 saturated carbocycles. The van der Waals surface area contributed by atoms with E-state index in [2.05, 4.69) is 17.1 Å². The molecule has 1 heterocycles. The van der Waals surface area contributed by atoms with Gasteiger partial charge in [-0.3, -0.25) is 9.69 Å². The molecular formula is C22H32N2O3. The molecule has 27 heavy (non-hydrogen) atoms. The molecule has 0 aromatic heterocycles. The van der Waals surface area contributed by atoms with Crippen LogP contribution in [-0.2, 0) is 4.79 Å². The Morgan fingerprint density at radius 1 is 1.22 bits per heavy atom. The highest BCUT2D eigenvalue weighted by molar-refractivity contribution is 5.81. The third-order valence-corrected chi connectivity index (χ3v) is 6.90. The second kappa shape index (κ2) is 7.70. The van der Waals surface area contributed by atoms with Gasteiger partial charge in [-0.2, -0.15) is 0 Å². The van der Waals surface area contributed by atoms with Crippen LogP contribution in [0, 0.1) is 17.8 Å². The Labute approximate surface area is 162 Å². The Morgan fingerprint density at radius 3 is 2.70 bits per heavy atom. The highest BCUT2D eigenvalue weighted by Gasteiger charge is 2.42. The number of carbonyl (C=O) groups excluding carboxylic acids is 1. The maximum atomic E-state index is 12.8. The summed E-state index contributed by atoms with van der Waals surface area (Å²) in [6, 6.07) is 7.81. The van der Waals surface area contributed by atoms with Crippen molar-refractivity contribution >= 4 is 5.91 Å². The van der Waals surface area contributed by atoms with Gasteiger partial charge in [-0.25, -0.2) is 0 Å². The SMILES string of the molecule is CC(NC(=O)C(C)N(C)CC1COc2ccccc2O1)C1CC2CCC1C2. The standard InChI is InChI=1S/C22H32N2O3/c1-14(19-11-16-8-9-17(19)10-16)23-22(25)15(2)24(3)12-18-13-26-20-6-4-5-7-21(20)27-18/h4-7,14-19H,8-13H2,1-3H3,(H,23,25). The topological polar surface area (TPSA) is 50.8 Å². The number of ether oxygens (including phenoxy) is 2. The Bertz CT molecular complexity index is 679. The number of amides is 1.